The molecule has 4 nitrogen and oxygen atoms in total. The molecule has 0 unspecified atom stereocenters. The molecule has 4 heteroatoms. The third-order valence-corrected chi connectivity index (χ3v) is 6.40. The summed E-state index contributed by atoms with van der Waals surface area (Å²) in [6, 6.07) is 0. The Morgan fingerprint density at radius 3 is 2.18 bits per heavy atom. The monoisotopic (exact) mass is 301 g/mol. The van der Waals surface area contributed by atoms with Crippen molar-refractivity contribution in [2.75, 3.05) is 0 Å². The molecular formula is C18H27N3O. The van der Waals surface area contributed by atoms with Crippen molar-refractivity contribution < 1.29 is 4.79 Å². The summed E-state index contributed by atoms with van der Waals surface area (Å²) < 4.78 is 0. The van der Waals surface area contributed by atoms with Crippen LogP contribution in [-0.4, -0.2) is 17.1 Å². The van der Waals surface area contributed by atoms with E-state index in [4.69, 9.17) is 6.42 Å². The maximum atomic E-state index is 12.5. The van der Waals surface area contributed by atoms with E-state index >= 15 is 0 Å². The van der Waals surface area contributed by atoms with E-state index in [0.717, 1.165) is 37.0 Å². The van der Waals surface area contributed by atoms with E-state index in [0.29, 0.717) is 6.42 Å². The first-order valence-electron chi connectivity index (χ1n) is 8.89. The van der Waals surface area contributed by atoms with E-state index in [1.165, 1.54) is 38.5 Å². The Hall–Kier alpha value is -1.05. The molecule has 0 spiro atoms. The topological polar surface area (TPSA) is 73.0 Å². The second-order valence-electron chi connectivity index (χ2n) is 8.28. The molecule has 4 bridgehead atoms. The highest BCUT2D eigenvalue weighted by molar-refractivity contribution is 5.77. The molecule has 4 aliphatic carbocycles. The summed E-state index contributed by atoms with van der Waals surface area (Å²) in [6.07, 6.45) is 16.3. The van der Waals surface area contributed by atoms with Crippen molar-refractivity contribution in [3.63, 3.8) is 0 Å². The molecule has 1 saturated heterocycles. The summed E-state index contributed by atoms with van der Waals surface area (Å²) in [7, 11) is 0. The van der Waals surface area contributed by atoms with Gasteiger partial charge in [0.15, 0.2) is 0 Å². The predicted octanol–water partition coefficient (Wildman–Crippen LogP) is 2.07. The molecule has 5 rings (SSSR count). The minimum Gasteiger partial charge on any atom is -0.351 e. The number of hydrogen-bond donors (Lipinski definition) is 3. The number of carbonyl (C=O) groups is 1. The first-order valence-corrected chi connectivity index (χ1v) is 8.89. The molecule has 0 atom stereocenters. The highest BCUT2D eigenvalue weighted by Crippen LogP contribution is 2.55. The Kier molecular flexibility index (Phi) is 3.47. The van der Waals surface area contributed by atoms with Crippen LogP contribution in [0.3, 0.4) is 0 Å². The van der Waals surface area contributed by atoms with Gasteiger partial charge in [-0.25, -0.2) is 10.9 Å². The summed E-state index contributed by atoms with van der Waals surface area (Å²) in [4.78, 5) is 12.5. The van der Waals surface area contributed by atoms with Crippen LogP contribution >= 0.6 is 0 Å². The third-order valence-electron chi connectivity index (χ3n) is 6.40. The highest BCUT2D eigenvalue weighted by atomic mass is 16.1. The van der Waals surface area contributed by atoms with Crippen LogP contribution in [0.1, 0.15) is 64.2 Å². The van der Waals surface area contributed by atoms with E-state index in [1.54, 1.807) is 0 Å². The van der Waals surface area contributed by atoms with Crippen molar-refractivity contribution in [3.8, 4) is 12.3 Å². The zero-order valence-corrected chi connectivity index (χ0v) is 13.3. The zero-order valence-electron chi connectivity index (χ0n) is 13.3. The van der Waals surface area contributed by atoms with E-state index in [-0.39, 0.29) is 17.1 Å². The minimum atomic E-state index is -0.0782. The van der Waals surface area contributed by atoms with Crippen LogP contribution in [0.25, 0.3) is 0 Å². The normalized spacial score (nSPS) is 40.2. The van der Waals surface area contributed by atoms with Gasteiger partial charge >= 0.3 is 0 Å². The molecule has 22 heavy (non-hydrogen) atoms. The molecule has 0 aromatic heterocycles. The number of terminal acetylenes is 1. The van der Waals surface area contributed by atoms with Crippen LogP contribution in [0.2, 0.25) is 0 Å². The Morgan fingerprint density at radius 1 is 1.09 bits per heavy atom. The molecule has 1 amide bonds. The fourth-order valence-electron chi connectivity index (χ4n) is 5.70. The van der Waals surface area contributed by atoms with Crippen molar-refractivity contribution in [3.05, 3.63) is 0 Å². The van der Waals surface area contributed by atoms with E-state index in [1.807, 2.05) is 0 Å². The molecule has 0 aromatic rings. The van der Waals surface area contributed by atoms with Crippen LogP contribution in [0.5, 0.6) is 0 Å². The van der Waals surface area contributed by atoms with Gasteiger partial charge in [0.1, 0.15) is 0 Å². The standard InChI is InChI=1S/C18H27N3O/c1-2-3-5-18(20-21-18)6-4-16(22)19-17-10-13-7-14(11-17)9-15(8-13)12-17/h1,13-15,20-21H,3-12H2,(H,19,22). The van der Waals surface area contributed by atoms with E-state index in [2.05, 4.69) is 22.1 Å². The molecule has 1 aliphatic heterocycles. The van der Waals surface area contributed by atoms with E-state index in [9.17, 15) is 4.79 Å². The van der Waals surface area contributed by atoms with Crippen LogP contribution in [0.15, 0.2) is 0 Å². The molecule has 0 radical (unpaired) electrons. The van der Waals surface area contributed by atoms with Gasteiger partial charge < -0.3 is 5.32 Å². The summed E-state index contributed by atoms with van der Waals surface area (Å²) in [5, 5.41) is 3.45. The van der Waals surface area contributed by atoms with E-state index < -0.39 is 0 Å². The smallest absolute Gasteiger partial charge is 0.220 e. The highest BCUT2D eigenvalue weighted by Gasteiger charge is 2.51. The average Bonchev–Trinajstić information content (AvgIpc) is 3.22. The van der Waals surface area contributed by atoms with Crippen LogP contribution in [0.4, 0.5) is 0 Å². The quantitative estimate of drug-likeness (QED) is 0.519. The minimum absolute atomic E-state index is 0.0782. The maximum absolute atomic E-state index is 12.5. The number of hydrogen-bond acceptors (Lipinski definition) is 3. The fraction of sp³-hybridized carbons (Fsp3) is 0.833. The van der Waals surface area contributed by atoms with Gasteiger partial charge in [-0.15, -0.1) is 12.3 Å². The lowest BCUT2D eigenvalue weighted by molar-refractivity contribution is -0.127. The second-order valence-corrected chi connectivity index (χ2v) is 8.28. The lowest BCUT2D eigenvalue weighted by Crippen LogP contribution is -2.59. The molecule has 4 saturated carbocycles. The maximum Gasteiger partial charge on any atom is 0.220 e. The van der Waals surface area contributed by atoms with Crippen molar-refractivity contribution in [2.45, 2.75) is 75.4 Å². The fourth-order valence-corrected chi connectivity index (χ4v) is 5.70. The van der Waals surface area contributed by atoms with Gasteiger partial charge in [-0.3, -0.25) is 4.79 Å². The largest absolute Gasteiger partial charge is 0.351 e. The summed E-state index contributed by atoms with van der Waals surface area (Å²) >= 11 is 0. The number of carbonyl (C=O) groups excluding carboxylic acids is 1. The van der Waals surface area contributed by atoms with Crippen molar-refractivity contribution >= 4 is 5.91 Å². The summed E-state index contributed by atoms with van der Waals surface area (Å²) in [5.41, 5.74) is 6.41. The Balaban J connectivity index is 1.30. The molecule has 5 aliphatic rings. The van der Waals surface area contributed by atoms with Gasteiger partial charge in [-0.2, -0.15) is 0 Å². The number of hydrazine groups is 1. The van der Waals surface area contributed by atoms with Crippen LogP contribution < -0.4 is 16.2 Å². The van der Waals surface area contributed by atoms with Crippen molar-refractivity contribution in [1.29, 1.82) is 0 Å². The van der Waals surface area contributed by atoms with Gasteiger partial charge in [0, 0.05) is 18.4 Å². The van der Waals surface area contributed by atoms with Gasteiger partial charge in [-0.1, -0.05) is 0 Å². The number of rotatable bonds is 6. The zero-order chi connectivity index (χ0) is 15.2. The number of amides is 1. The Bertz CT molecular complexity index is 468. The van der Waals surface area contributed by atoms with Crippen molar-refractivity contribution in [2.24, 2.45) is 17.8 Å². The SMILES string of the molecule is C#CCCC1(CCC(=O)NC23CC4CC(CC(C4)C2)C3)NN1. The molecular weight excluding hydrogens is 274 g/mol. The summed E-state index contributed by atoms with van der Waals surface area (Å²) in [6.45, 7) is 0. The molecule has 5 fully saturated rings. The van der Waals surface area contributed by atoms with Gasteiger partial charge in [0.2, 0.25) is 5.91 Å². The predicted molar refractivity (Wildman–Crippen MR) is 85.3 cm³/mol. The lowest BCUT2D eigenvalue weighted by Gasteiger charge is -2.57. The Morgan fingerprint density at radius 2 is 1.68 bits per heavy atom. The van der Waals surface area contributed by atoms with Crippen LogP contribution in [-0.2, 0) is 4.79 Å². The lowest BCUT2D eigenvalue weighted by atomic mass is 9.53. The van der Waals surface area contributed by atoms with Crippen LogP contribution in [0, 0.1) is 30.1 Å². The molecule has 120 valence electrons. The molecule has 3 N–H and O–H groups in total. The average molecular weight is 301 g/mol. The van der Waals surface area contributed by atoms with Gasteiger partial charge in [-0.05, 0) is 69.1 Å². The Labute approximate surface area is 133 Å². The van der Waals surface area contributed by atoms with Gasteiger partial charge in [0.25, 0.3) is 0 Å². The third kappa shape index (κ3) is 2.77. The van der Waals surface area contributed by atoms with Gasteiger partial charge in [0.05, 0.1) is 5.66 Å². The summed E-state index contributed by atoms with van der Waals surface area (Å²) in [5.74, 6) is 5.53. The first kappa shape index (κ1) is 14.5. The first-order chi connectivity index (χ1) is 10.6. The van der Waals surface area contributed by atoms with Crippen molar-refractivity contribution in [1.82, 2.24) is 16.2 Å². The molecule has 1 heterocycles. The second kappa shape index (κ2) is 5.25. The number of nitrogens with one attached hydrogen (secondary N) is 3. The molecule has 0 aromatic carbocycles.